The quantitative estimate of drug-likeness (QED) is 0.866. The van der Waals surface area contributed by atoms with Crippen molar-refractivity contribution in [2.24, 2.45) is 0 Å². The molecule has 0 aromatic carbocycles. The van der Waals surface area contributed by atoms with E-state index in [-0.39, 0.29) is 11.6 Å². The predicted molar refractivity (Wildman–Crippen MR) is 62.7 cm³/mol. The summed E-state index contributed by atoms with van der Waals surface area (Å²) in [6.07, 6.45) is 1.71. The van der Waals surface area contributed by atoms with E-state index in [0.717, 1.165) is 18.7 Å². The normalized spacial score (nSPS) is 17.1. The van der Waals surface area contributed by atoms with Gasteiger partial charge in [0, 0.05) is 19.1 Å². The molecule has 0 saturated carbocycles. The van der Waals surface area contributed by atoms with E-state index in [2.05, 4.69) is 10.2 Å². The molecule has 3 heterocycles. The minimum absolute atomic E-state index is 0.207. The van der Waals surface area contributed by atoms with E-state index < -0.39 is 5.97 Å². The van der Waals surface area contributed by atoms with Crippen molar-refractivity contribution >= 4 is 11.6 Å². The molecule has 0 bridgehead atoms. The van der Waals surface area contributed by atoms with Gasteiger partial charge in [0.05, 0.1) is 0 Å². The Kier molecular flexibility index (Phi) is 2.71. The van der Waals surface area contributed by atoms with E-state index in [1.54, 1.807) is 22.6 Å². The molecule has 1 fully saturated rings. The minimum Gasteiger partial charge on any atom is -0.477 e. The number of fused-ring (bicyclic) bond motifs is 1. The molecule has 0 amide bonds. The highest BCUT2D eigenvalue weighted by molar-refractivity contribution is 5.86. The van der Waals surface area contributed by atoms with Crippen molar-refractivity contribution in [3.05, 3.63) is 29.7 Å². The third-order valence-electron chi connectivity index (χ3n) is 3.26. The van der Waals surface area contributed by atoms with Crippen LogP contribution in [0.2, 0.25) is 0 Å². The summed E-state index contributed by atoms with van der Waals surface area (Å²) in [5.74, 6) is -0.0192. The Balaban J connectivity index is 2.14. The zero-order valence-corrected chi connectivity index (χ0v) is 9.74. The summed E-state index contributed by atoms with van der Waals surface area (Å²) in [6.45, 7) is 1.38. The van der Waals surface area contributed by atoms with Gasteiger partial charge in [-0.2, -0.15) is 0 Å². The van der Waals surface area contributed by atoms with Gasteiger partial charge in [-0.05, 0) is 25.0 Å². The number of carboxylic acids is 1. The van der Waals surface area contributed by atoms with Gasteiger partial charge < -0.3 is 9.84 Å². The van der Waals surface area contributed by atoms with E-state index in [1.165, 1.54) is 0 Å². The number of pyridine rings is 1. The van der Waals surface area contributed by atoms with Crippen molar-refractivity contribution in [2.45, 2.75) is 18.8 Å². The van der Waals surface area contributed by atoms with Crippen molar-refractivity contribution < 1.29 is 14.6 Å². The van der Waals surface area contributed by atoms with Crippen LogP contribution >= 0.6 is 0 Å². The largest absolute Gasteiger partial charge is 0.477 e. The lowest BCUT2D eigenvalue weighted by Crippen LogP contribution is -2.18. The van der Waals surface area contributed by atoms with Gasteiger partial charge in [0.25, 0.3) is 0 Å². The highest BCUT2D eigenvalue weighted by Crippen LogP contribution is 2.26. The average Bonchev–Trinajstić information content (AvgIpc) is 2.83. The number of aromatic nitrogens is 3. The Labute approximate surface area is 103 Å². The molecule has 6 heteroatoms. The van der Waals surface area contributed by atoms with Crippen LogP contribution in [0, 0.1) is 0 Å². The lowest BCUT2D eigenvalue weighted by Gasteiger charge is -2.20. The summed E-state index contributed by atoms with van der Waals surface area (Å²) in [5, 5.41) is 17.4. The van der Waals surface area contributed by atoms with Crippen molar-refractivity contribution in [2.75, 3.05) is 13.2 Å². The van der Waals surface area contributed by atoms with E-state index in [4.69, 9.17) is 4.74 Å². The van der Waals surface area contributed by atoms with Crippen LogP contribution in [0.3, 0.4) is 0 Å². The lowest BCUT2D eigenvalue weighted by molar-refractivity contribution is 0.0686. The molecule has 2 aromatic heterocycles. The van der Waals surface area contributed by atoms with Crippen molar-refractivity contribution in [3.63, 3.8) is 0 Å². The molecule has 3 rings (SSSR count). The maximum atomic E-state index is 11.2. The summed E-state index contributed by atoms with van der Waals surface area (Å²) in [7, 11) is 0. The second kappa shape index (κ2) is 4.38. The second-order valence-electron chi connectivity index (χ2n) is 4.35. The molecule has 1 aliphatic rings. The molecule has 6 nitrogen and oxygen atoms in total. The molecule has 0 unspecified atom stereocenters. The fourth-order valence-electron chi connectivity index (χ4n) is 2.35. The molecule has 1 N–H and O–H groups in total. The molecule has 0 spiro atoms. The molecular weight excluding hydrogens is 234 g/mol. The first-order chi connectivity index (χ1) is 8.77. The number of ether oxygens (including phenoxy) is 1. The van der Waals surface area contributed by atoms with Gasteiger partial charge in [-0.25, -0.2) is 4.79 Å². The number of nitrogens with zero attached hydrogens (tertiary/aromatic N) is 3. The number of rotatable bonds is 2. The van der Waals surface area contributed by atoms with Crippen molar-refractivity contribution in [1.82, 2.24) is 14.6 Å². The molecule has 2 aromatic rings. The summed E-state index contributed by atoms with van der Waals surface area (Å²) >= 11 is 0. The van der Waals surface area contributed by atoms with Crippen LogP contribution in [0.25, 0.3) is 5.65 Å². The summed E-state index contributed by atoms with van der Waals surface area (Å²) in [5.41, 5.74) is 0.787. The molecule has 1 saturated heterocycles. The van der Waals surface area contributed by atoms with Crippen LogP contribution in [0.1, 0.15) is 35.1 Å². The first-order valence-corrected chi connectivity index (χ1v) is 5.92. The first kappa shape index (κ1) is 11.2. The fourth-order valence-corrected chi connectivity index (χ4v) is 2.35. The average molecular weight is 247 g/mol. The number of carboxylic acid groups (broad SMARTS) is 1. The number of hydrogen-bond acceptors (Lipinski definition) is 4. The molecule has 18 heavy (non-hydrogen) atoms. The van der Waals surface area contributed by atoms with Gasteiger partial charge in [-0.1, -0.05) is 6.07 Å². The third kappa shape index (κ3) is 1.74. The molecule has 1 aliphatic heterocycles. The third-order valence-corrected chi connectivity index (χ3v) is 3.26. The molecular formula is C12H13N3O3. The van der Waals surface area contributed by atoms with Gasteiger partial charge >= 0.3 is 5.97 Å². The monoisotopic (exact) mass is 247 g/mol. The predicted octanol–water partition coefficient (Wildman–Crippen LogP) is 1.32. The summed E-state index contributed by atoms with van der Waals surface area (Å²) < 4.78 is 6.95. The van der Waals surface area contributed by atoms with Gasteiger partial charge in [0.15, 0.2) is 5.65 Å². The summed E-state index contributed by atoms with van der Waals surface area (Å²) in [4.78, 5) is 11.2. The van der Waals surface area contributed by atoms with Crippen LogP contribution in [-0.2, 0) is 4.74 Å². The Morgan fingerprint density at radius 3 is 2.83 bits per heavy atom. The molecule has 0 radical (unpaired) electrons. The zero-order chi connectivity index (χ0) is 12.5. The topological polar surface area (TPSA) is 76.7 Å². The van der Waals surface area contributed by atoms with Gasteiger partial charge in [0.1, 0.15) is 11.5 Å². The second-order valence-corrected chi connectivity index (χ2v) is 4.35. The van der Waals surface area contributed by atoms with E-state index in [0.29, 0.717) is 18.9 Å². The van der Waals surface area contributed by atoms with Crippen LogP contribution in [0.4, 0.5) is 0 Å². The molecule has 0 aliphatic carbocycles. The highest BCUT2D eigenvalue weighted by Gasteiger charge is 2.23. The van der Waals surface area contributed by atoms with Gasteiger partial charge in [-0.15, -0.1) is 10.2 Å². The fraction of sp³-hybridized carbons (Fsp3) is 0.417. The summed E-state index contributed by atoms with van der Waals surface area (Å²) in [6, 6.07) is 5.02. The Bertz CT molecular complexity index is 587. The Morgan fingerprint density at radius 1 is 1.33 bits per heavy atom. The van der Waals surface area contributed by atoms with Crippen LogP contribution in [-0.4, -0.2) is 38.9 Å². The number of carbonyl (C=O) groups is 1. The highest BCUT2D eigenvalue weighted by atomic mass is 16.5. The van der Waals surface area contributed by atoms with E-state index in [9.17, 15) is 9.90 Å². The van der Waals surface area contributed by atoms with Crippen molar-refractivity contribution in [1.29, 1.82) is 0 Å². The smallest absolute Gasteiger partial charge is 0.352 e. The first-order valence-electron chi connectivity index (χ1n) is 5.92. The zero-order valence-electron chi connectivity index (χ0n) is 9.74. The lowest BCUT2D eigenvalue weighted by atomic mass is 9.99. The van der Waals surface area contributed by atoms with Crippen molar-refractivity contribution in [3.8, 4) is 0 Å². The Morgan fingerprint density at radius 2 is 2.11 bits per heavy atom. The minimum atomic E-state index is -0.964. The molecule has 94 valence electrons. The maximum absolute atomic E-state index is 11.2. The maximum Gasteiger partial charge on any atom is 0.352 e. The SMILES string of the molecule is O=C(O)c1cccc2nnc(C3CCOCC3)n12. The van der Waals surface area contributed by atoms with E-state index >= 15 is 0 Å². The van der Waals surface area contributed by atoms with Gasteiger partial charge in [0.2, 0.25) is 0 Å². The van der Waals surface area contributed by atoms with Crippen LogP contribution < -0.4 is 0 Å². The standard InChI is InChI=1S/C12H13N3O3/c16-12(17)9-2-1-3-10-13-14-11(15(9)10)8-4-6-18-7-5-8/h1-3,8H,4-7H2,(H,16,17). The van der Waals surface area contributed by atoms with Crippen LogP contribution in [0.5, 0.6) is 0 Å². The number of aromatic carboxylic acids is 1. The van der Waals surface area contributed by atoms with Gasteiger partial charge in [-0.3, -0.25) is 4.40 Å². The Hall–Kier alpha value is -1.95. The molecule has 0 atom stereocenters. The van der Waals surface area contributed by atoms with E-state index in [1.807, 2.05) is 0 Å². The van der Waals surface area contributed by atoms with Crippen LogP contribution in [0.15, 0.2) is 18.2 Å². The number of hydrogen-bond donors (Lipinski definition) is 1.